The second-order valence-electron chi connectivity index (χ2n) is 3.02. The zero-order chi connectivity index (χ0) is 8.10. The Bertz CT molecular complexity index is 127. The number of carboxylic acid groups (broad SMARTS) is 1. The highest BCUT2D eigenvalue weighted by Crippen LogP contribution is 2.18. The van der Waals surface area contributed by atoms with Crippen molar-refractivity contribution in [1.82, 2.24) is 0 Å². The molecule has 3 heteroatoms. The molecule has 11 heavy (non-hydrogen) atoms. The maximum Gasteiger partial charge on any atom is 0.303 e. The second-order valence-corrected chi connectivity index (χ2v) is 3.02. The van der Waals surface area contributed by atoms with Crippen molar-refractivity contribution in [3.63, 3.8) is 0 Å². The molecule has 0 aromatic heterocycles. The summed E-state index contributed by atoms with van der Waals surface area (Å²) < 4.78 is 5.17. The molecule has 1 saturated heterocycles. The Morgan fingerprint density at radius 1 is 1.64 bits per heavy atom. The molecule has 1 heterocycles. The van der Waals surface area contributed by atoms with Crippen molar-refractivity contribution in [2.24, 2.45) is 5.92 Å². The first-order valence-electron chi connectivity index (χ1n) is 4.08. The maximum absolute atomic E-state index is 10.1. The number of carboxylic acids is 1. The molecule has 0 spiro atoms. The van der Waals surface area contributed by atoms with Crippen molar-refractivity contribution in [1.29, 1.82) is 0 Å². The largest absolute Gasteiger partial charge is 0.481 e. The van der Waals surface area contributed by atoms with Crippen LogP contribution in [0.1, 0.15) is 25.7 Å². The van der Waals surface area contributed by atoms with Crippen molar-refractivity contribution in [2.75, 3.05) is 13.2 Å². The van der Waals surface area contributed by atoms with E-state index in [-0.39, 0.29) is 0 Å². The van der Waals surface area contributed by atoms with Gasteiger partial charge in [-0.1, -0.05) is 0 Å². The third kappa shape index (κ3) is 3.37. The number of hydrogen-bond donors (Lipinski definition) is 1. The van der Waals surface area contributed by atoms with Crippen LogP contribution in [0.2, 0.25) is 0 Å². The number of rotatable bonds is 4. The van der Waals surface area contributed by atoms with Gasteiger partial charge in [0.1, 0.15) is 0 Å². The van der Waals surface area contributed by atoms with Gasteiger partial charge in [-0.3, -0.25) is 4.79 Å². The average molecular weight is 158 g/mol. The first-order chi connectivity index (χ1) is 5.29. The van der Waals surface area contributed by atoms with Gasteiger partial charge in [-0.05, 0) is 25.2 Å². The van der Waals surface area contributed by atoms with Crippen molar-refractivity contribution in [3.8, 4) is 0 Å². The van der Waals surface area contributed by atoms with Crippen LogP contribution in [0.15, 0.2) is 0 Å². The van der Waals surface area contributed by atoms with Crippen LogP contribution < -0.4 is 0 Å². The van der Waals surface area contributed by atoms with E-state index in [4.69, 9.17) is 9.84 Å². The van der Waals surface area contributed by atoms with E-state index in [1.807, 2.05) is 0 Å². The summed E-state index contributed by atoms with van der Waals surface area (Å²) in [5.74, 6) is -0.0711. The fourth-order valence-corrected chi connectivity index (χ4v) is 1.35. The maximum atomic E-state index is 10.1. The van der Waals surface area contributed by atoms with Gasteiger partial charge in [0.15, 0.2) is 0 Å². The van der Waals surface area contributed by atoms with Crippen molar-refractivity contribution < 1.29 is 14.6 Å². The number of ether oxygens (including phenoxy) is 1. The van der Waals surface area contributed by atoms with Gasteiger partial charge in [0.2, 0.25) is 0 Å². The van der Waals surface area contributed by atoms with E-state index in [0.29, 0.717) is 12.3 Å². The van der Waals surface area contributed by atoms with E-state index in [2.05, 4.69) is 0 Å². The summed E-state index contributed by atoms with van der Waals surface area (Å²) in [6.07, 6.45) is 3.21. The zero-order valence-electron chi connectivity index (χ0n) is 6.58. The van der Waals surface area contributed by atoms with Crippen LogP contribution in [-0.2, 0) is 9.53 Å². The van der Waals surface area contributed by atoms with Gasteiger partial charge < -0.3 is 9.84 Å². The average Bonchev–Trinajstić information content (AvgIpc) is 2.39. The van der Waals surface area contributed by atoms with Gasteiger partial charge in [-0.15, -0.1) is 0 Å². The molecule has 1 aliphatic rings. The molecule has 1 rings (SSSR count). The van der Waals surface area contributed by atoms with E-state index in [9.17, 15) is 4.79 Å². The quantitative estimate of drug-likeness (QED) is 0.670. The van der Waals surface area contributed by atoms with Crippen LogP contribution in [-0.4, -0.2) is 24.3 Å². The predicted molar refractivity (Wildman–Crippen MR) is 40.4 cm³/mol. The van der Waals surface area contributed by atoms with Crippen LogP contribution in [0.4, 0.5) is 0 Å². The molecule has 0 aromatic carbocycles. The summed E-state index contributed by atoms with van der Waals surface area (Å²) in [5, 5.41) is 8.36. The Hall–Kier alpha value is -0.570. The first-order valence-corrected chi connectivity index (χ1v) is 4.08. The fraction of sp³-hybridized carbons (Fsp3) is 0.875. The van der Waals surface area contributed by atoms with E-state index >= 15 is 0 Å². The molecule has 0 amide bonds. The Morgan fingerprint density at radius 2 is 2.45 bits per heavy atom. The Kier molecular flexibility index (Phi) is 3.36. The lowest BCUT2D eigenvalue weighted by Crippen LogP contribution is -2.01. The minimum Gasteiger partial charge on any atom is -0.481 e. The van der Waals surface area contributed by atoms with Crippen molar-refractivity contribution >= 4 is 5.97 Å². The molecule has 64 valence electrons. The minimum absolute atomic E-state index is 0.302. The smallest absolute Gasteiger partial charge is 0.303 e. The highest BCUT2D eigenvalue weighted by molar-refractivity contribution is 5.66. The third-order valence-electron chi connectivity index (χ3n) is 2.03. The second kappa shape index (κ2) is 4.34. The van der Waals surface area contributed by atoms with Crippen molar-refractivity contribution in [2.45, 2.75) is 25.7 Å². The van der Waals surface area contributed by atoms with E-state index in [1.54, 1.807) is 0 Å². The predicted octanol–water partition coefficient (Wildman–Crippen LogP) is 1.28. The number of aliphatic carboxylic acids is 1. The Labute approximate surface area is 66.4 Å². The Balaban J connectivity index is 1.98. The monoisotopic (exact) mass is 158 g/mol. The lowest BCUT2D eigenvalue weighted by Gasteiger charge is -2.03. The van der Waals surface area contributed by atoms with Gasteiger partial charge >= 0.3 is 5.97 Å². The molecule has 1 aliphatic heterocycles. The lowest BCUT2D eigenvalue weighted by atomic mass is 10.0. The number of hydrogen-bond acceptors (Lipinski definition) is 2. The molecule has 1 atom stereocenters. The van der Waals surface area contributed by atoms with Crippen LogP contribution in [0.3, 0.4) is 0 Å². The fourth-order valence-electron chi connectivity index (χ4n) is 1.35. The van der Waals surface area contributed by atoms with E-state index in [0.717, 1.165) is 32.5 Å². The van der Waals surface area contributed by atoms with E-state index in [1.165, 1.54) is 0 Å². The Morgan fingerprint density at radius 3 is 3.00 bits per heavy atom. The third-order valence-corrected chi connectivity index (χ3v) is 2.03. The highest BCUT2D eigenvalue weighted by Gasteiger charge is 2.14. The summed E-state index contributed by atoms with van der Waals surface area (Å²) in [6.45, 7) is 1.69. The molecule has 1 N–H and O–H groups in total. The molecule has 0 saturated carbocycles. The molecular weight excluding hydrogens is 144 g/mol. The first kappa shape index (κ1) is 8.53. The topological polar surface area (TPSA) is 46.5 Å². The SMILES string of the molecule is O=C(O)CCCC1CCOC1. The molecule has 3 nitrogen and oxygen atoms in total. The molecule has 0 aromatic rings. The molecular formula is C8H14O3. The normalized spacial score (nSPS) is 23.8. The van der Waals surface area contributed by atoms with Gasteiger partial charge in [0.05, 0.1) is 0 Å². The summed E-state index contributed by atoms with van der Waals surface area (Å²) in [4.78, 5) is 10.1. The van der Waals surface area contributed by atoms with Gasteiger partial charge in [0, 0.05) is 19.6 Å². The van der Waals surface area contributed by atoms with Gasteiger partial charge in [-0.2, -0.15) is 0 Å². The lowest BCUT2D eigenvalue weighted by molar-refractivity contribution is -0.137. The summed E-state index contributed by atoms with van der Waals surface area (Å²) in [7, 11) is 0. The molecule has 1 unspecified atom stereocenters. The summed E-state index contributed by atoms with van der Waals surface area (Å²) >= 11 is 0. The van der Waals surface area contributed by atoms with Gasteiger partial charge in [0.25, 0.3) is 0 Å². The molecule has 0 aliphatic carbocycles. The van der Waals surface area contributed by atoms with Crippen LogP contribution in [0, 0.1) is 5.92 Å². The minimum atomic E-state index is -0.691. The van der Waals surface area contributed by atoms with Crippen molar-refractivity contribution in [3.05, 3.63) is 0 Å². The summed E-state index contributed by atoms with van der Waals surface area (Å²) in [5.41, 5.74) is 0. The molecule has 0 radical (unpaired) electrons. The van der Waals surface area contributed by atoms with Crippen LogP contribution in [0.25, 0.3) is 0 Å². The molecule has 0 bridgehead atoms. The summed E-state index contributed by atoms with van der Waals surface area (Å²) in [6, 6.07) is 0. The van der Waals surface area contributed by atoms with Crippen LogP contribution in [0.5, 0.6) is 0 Å². The number of carbonyl (C=O) groups is 1. The van der Waals surface area contributed by atoms with Crippen LogP contribution >= 0.6 is 0 Å². The standard InChI is InChI=1S/C8H14O3/c9-8(10)3-1-2-7-4-5-11-6-7/h7H,1-6H2,(H,9,10). The zero-order valence-corrected chi connectivity index (χ0v) is 6.58. The molecule has 1 fully saturated rings. The van der Waals surface area contributed by atoms with Gasteiger partial charge in [-0.25, -0.2) is 0 Å². The highest BCUT2D eigenvalue weighted by atomic mass is 16.5. The van der Waals surface area contributed by atoms with E-state index < -0.39 is 5.97 Å².